The van der Waals surface area contributed by atoms with E-state index in [4.69, 9.17) is 5.73 Å². The van der Waals surface area contributed by atoms with Gasteiger partial charge in [0, 0.05) is 24.5 Å². The van der Waals surface area contributed by atoms with Gasteiger partial charge in [-0.2, -0.15) is 0 Å². The number of nitrogens with two attached hydrogens (primary N) is 1. The van der Waals surface area contributed by atoms with Crippen LogP contribution in [0.2, 0.25) is 0 Å². The van der Waals surface area contributed by atoms with Crippen LogP contribution in [0.5, 0.6) is 0 Å². The highest BCUT2D eigenvalue weighted by Crippen LogP contribution is 2.40. The first-order valence-corrected chi connectivity index (χ1v) is 7.30. The largest absolute Gasteiger partial charge is 0.344 e. The van der Waals surface area contributed by atoms with Crippen LogP contribution >= 0.6 is 0 Å². The molecule has 2 aromatic heterocycles. The lowest BCUT2D eigenvalue weighted by atomic mass is 9.74. The van der Waals surface area contributed by atoms with Gasteiger partial charge in [0.05, 0.1) is 6.54 Å². The van der Waals surface area contributed by atoms with Gasteiger partial charge in [-0.3, -0.25) is 0 Å². The zero-order valence-corrected chi connectivity index (χ0v) is 12.5. The minimum atomic E-state index is 0.152. The third-order valence-electron chi connectivity index (χ3n) is 4.28. The van der Waals surface area contributed by atoms with Crippen molar-refractivity contribution in [1.29, 1.82) is 0 Å². The number of nitrogens with zero attached hydrogens (tertiary/aromatic N) is 4. The van der Waals surface area contributed by atoms with Gasteiger partial charge in [0.1, 0.15) is 6.33 Å². The van der Waals surface area contributed by atoms with Gasteiger partial charge >= 0.3 is 0 Å². The third-order valence-corrected chi connectivity index (χ3v) is 4.28. The fourth-order valence-electron chi connectivity index (χ4n) is 3.26. The fraction of sp³-hybridized carbons (Fsp3) is 0.600. The van der Waals surface area contributed by atoms with Gasteiger partial charge in [-0.25, -0.2) is 0 Å². The topological polar surface area (TPSA) is 61.7 Å². The van der Waals surface area contributed by atoms with Gasteiger partial charge in [0.15, 0.2) is 5.82 Å². The molecule has 0 bridgehead atoms. The van der Waals surface area contributed by atoms with E-state index in [0.29, 0.717) is 0 Å². The van der Waals surface area contributed by atoms with E-state index in [1.54, 1.807) is 6.33 Å². The Balaban J connectivity index is 1.93. The lowest BCUT2D eigenvalue weighted by Gasteiger charge is -2.34. The summed E-state index contributed by atoms with van der Waals surface area (Å²) in [4.78, 5) is 0. The maximum atomic E-state index is 6.32. The molecule has 5 heteroatoms. The standard InChI is InChI=1S/C15H23N5/c1-4-19-10-17-18-14(19)9-20-6-5-11-12(16)7-15(2,3)8-13(11)20/h5-6,10,12H,4,7-9,16H2,1-3H3. The highest BCUT2D eigenvalue weighted by molar-refractivity contribution is 5.30. The van der Waals surface area contributed by atoms with Crippen molar-refractivity contribution in [3.8, 4) is 0 Å². The van der Waals surface area contributed by atoms with Crippen LogP contribution in [-0.4, -0.2) is 19.3 Å². The molecule has 3 rings (SSSR count). The number of aryl methyl sites for hydroxylation is 1. The van der Waals surface area contributed by atoms with Crippen LogP contribution in [-0.2, 0) is 19.5 Å². The first-order valence-electron chi connectivity index (χ1n) is 7.30. The Kier molecular flexibility index (Phi) is 3.17. The minimum absolute atomic E-state index is 0.152. The fourth-order valence-corrected chi connectivity index (χ4v) is 3.26. The van der Waals surface area contributed by atoms with Crippen LogP contribution in [0.1, 0.15) is 50.3 Å². The SMILES string of the molecule is CCn1cnnc1Cn1ccc2c1CC(C)(C)CC2N. The van der Waals surface area contributed by atoms with Crippen LogP contribution in [0, 0.1) is 5.41 Å². The Morgan fingerprint density at radius 3 is 2.95 bits per heavy atom. The Morgan fingerprint density at radius 1 is 1.40 bits per heavy atom. The summed E-state index contributed by atoms with van der Waals surface area (Å²) in [6.07, 6.45) is 6.06. The molecule has 1 unspecified atom stereocenters. The maximum Gasteiger partial charge on any atom is 0.152 e. The predicted molar refractivity (Wildman–Crippen MR) is 78.3 cm³/mol. The van der Waals surface area contributed by atoms with Crippen molar-refractivity contribution in [3.05, 3.63) is 35.7 Å². The number of fused-ring (bicyclic) bond motifs is 1. The van der Waals surface area contributed by atoms with Gasteiger partial charge in [0.2, 0.25) is 0 Å². The molecule has 1 aliphatic carbocycles. The Morgan fingerprint density at radius 2 is 2.20 bits per heavy atom. The van der Waals surface area contributed by atoms with Gasteiger partial charge in [-0.05, 0) is 36.8 Å². The normalized spacial score (nSPS) is 20.9. The monoisotopic (exact) mass is 273 g/mol. The molecule has 0 saturated heterocycles. The highest BCUT2D eigenvalue weighted by atomic mass is 15.3. The molecule has 1 atom stereocenters. The summed E-state index contributed by atoms with van der Waals surface area (Å²) in [5.74, 6) is 1.00. The first kappa shape index (κ1) is 13.4. The average molecular weight is 273 g/mol. The summed E-state index contributed by atoms with van der Waals surface area (Å²) in [5, 5.41) is 8.23. The van der Waals surface area contributed by atoms with Gasteiger partial charge < -0.3 is 14.9 Å². The summed E-state index contributed by atoms with van der Waals surface area (Å²) in [6, 6.07) is 2.32. The number of aromatic nitrogens is 4. The molecule has 0 fully saturated rings. The molecule has 0 spiro atoms. The van der Waals surface area contributed by atoms with Crippen LogP contribution < -0.4 is 5.73 Å². The average Bonchev–Trinajstić information content (AvgIpc) is 2.96. The summed E-state index contributed by atoms with van der Waals surface area (Å²) < 4.78 is 4.37. The zero-order chi connectivity index (χ0) is 14.3. The molecular weight excluding hydrogens is 250 g/mol. The van der Waals surface area contributed by atoms with Crippen molar-refractivity contribution in [1.82, 2.24) is 19.3 Å². The van der Waals surface area contributed by atoms with E-state index in [1.165, 1.54) is 11.3 Å². The molecule has 0 aliphatic heterocycles. The highest BCUT2D eigenvalue weighted by Gasteiger charge is 2.32. The third kappa shape index (κ3) is 2.26. The van der Waals surface area contributed by atoms with Crippen molar-refractivity contribution in [2.75, 3.05) is 0 Å². The molecule has 0 radical (unpaired) electrons. The van der Waals surface area contributed by atoms with Crippen molar-refractivity contribution in [2.24, 2.45) is 11.1 Å². The molecule has 0 amide bonds. The predicted octanol–water partition coefficient (Wildman–Crippen LogP) is 2.12. The molecule has 108 valence electrons. The van der Waals surface area contributed by atoms with E-state index in [1.807, 2.05) is 0 Å². The van der Waals surface area contributed by atoms with E-state index in [2.05, 4.69) is 52.4 Å². The second-order valence-electron chi connectivity index (χ2n) is 6.53. The van der Waals surface area contributed by atoms with Gasteiger partial charge in [0.25, 0.3) is 0 Å². The number of hydrogen-bond donors (Lipinski definition) is 1. The molecule has 2 N–H and O–H groups in total. The molecule has 20 heavy (non-hydrogen) atoms. The van der Waals surface area contributed by atoms with Gasteiger partial charge in [-0.15, -0.1) is 10.2 Å². The Labute approximate surface area is 119 Å². The van der Waals surface area contributed by atoms with Crippen LogP contribution in [0.4, 0.5) is 0 Å². The number of rotatable bonds is 3. The van der Waals surface area contributed by atoms with E-state index in [0.717, 1.165) is 31.8 Å². The smallest absolute Gasteiger partial charge is 0.152 e. The van der Waals surface area contributed by atoms with Gasteiger partial charge in [-0.1, -0.05) is 13.8 Å². The van der Waals surface area contributed by atoms with Crippen molar-refractivity contribution < 1.29 is 0 Å². The molecule has 0 saturated carbocycles. The van der Waals surface area contributed by atoms with E-state index in [9.17, 15) is 0 Å². The molecule has 2 aromatic rings. The van der Waals surface area contributed by atoms with Crippen molar-refractivity contribution >= 4 is 0 Å². The molecule has 1 aliphatic rings. The molecular formula is C15H23N5. The quantitative estimate of drug-likeness (QED) is 0.931. The van der Waals surface area contributed by atoms with E-state index in [-0.39, 0.29) is 11.5 Å². The van der Waals surface area contributed by atoms with E-state index >= 15 is 0 Å². The Bertz CT molecular complexity index is 608. The Hall–Kier alpha value is -1.62. The summed E-state index contributed by atoms with van der Waals surface area (Å²) in [6.45, 7) is 8.36. The minimum Gasteiger partial charge on any atom is -0.344 e. The van der Waals surface area contributed by atoms with Crippen molar-refractivity contribution in [2.45, 2.75) is 52.7 Å². The molecule has 0 aromatic carbocycles. The van der Waals surface area contributed by atoms with Crippen LogP contribution in [0.25, 0.3) is 0 Å². The van der Waals surface area contributed by atoms with Crippen molar-refractivity contribution in [3.63, 3.8) is 0 Å². The molecule has 2 heterocycles. The second kappa shape index (κ2) is 4.74. The lowest BCUT2D eigenvalue weighted by molar-refractivity contribution is 0.275. The van der Waals surface area contributed by atoms with E-state index < -0.39 is 0 Å². The first-order chi connectivity index (χ1) is 9.50. The zero-order valence-electron chi connectivity index (χ0n) is 12.5. The summed E-state index contributed by atoms with van der Waals surface area (Å²) in [5.41, 5.74) is 9.24. The molecule has 5 nitrogen and oxygen atoms in total. The summed E-state index contributed by atoms with van der Waals surface area (Å²) in [7, 11) is 0. The number of hydrogen-bond acceptors (Lipinski definition) is 3. The van der Waals surface area contributed by atoms with Crippen LogP contribution in [0.3, 0.4) is 0 Å². The lowest BCUT2D eigenvalue weighted by Crippen LogP contribution is -2.30. The van der Waals surface area contributed by atoms with Crippen LogP contribution in [0.15, 0.2) is 18.6 Å². The maximum absolute atomic E-state index is 6.32. The second-order valence-corrected chi connectivity index (χ2v) is 6.53. The summed E-state index contributed by atoms with van der Waals surface area (Å²) >= 11 is 0.